The highest BCUT2D eigenvalue weighted by atomic mass is 16.5. The maximum Gasteiger partial charge on any atom is 0.310 e. The molecule has 148 valence electrons. The van der Waals surface area contributed by atoms with Gasteiger partial charge in [-0.15, -0.1) is 0 Å². The average molecular weight is 382 g/mol. The van der Waals surface area contributed by atoms with Gasteiger partial charge in [0.15, 0.2) is 6.61 Å². The van der Waals surface area contributed by atoms with E-state index in [9.17, 15) is 14.4 Å². The Balaban J connectivity index is 1.76. The summed E-state index contributed by atoms with van der Waals surface area (Å²) in [5.41, 5.74) is 2.97. The number of ether oxygens (including phenoxy) is 1. The van der Waals surface area contributed by atoms with Crippen molar-refractivity contribution in [3.05, 3.63) is 60.2 Å². The van der Waals surface area contributed by atoms with Gasteiger partial charge < -0.3 is 15.4 Å². The van der Waals surface area contributed by atoms with Crippen molar-refractivity contribution < 1.29 is 19.1 Å². The summed E-state index contributed by atoms with van der Waals surface area (Å²) in [5, 5.41) is 5.20. The molecule has 0 saturated heterocycles. The van der Waals surface area contributed by atoms with Crippen LogP contribution in [0.25, 0.3) is 11.1 Å². The minimum absolute atomic E-state index is 0.0783. The molecule has 0 unspecified atom stereocenters. The molecule has 2 aromatic carbocycles. The molecule has 0 aliphatic rings. The summed E-state index contributed by atoms with van der Waals surface area (Å²) in [6, 6.07) is 16.9. The largest absolute Gasteiger partial charge is 0.455 e. The smallest absolute Gasteiger partial charge is 0.310 e. The monoisotopic (exact) mass is 382 g/mol. The minimum atomic E-state index is -0.678. The molecule has 0 bridgehead atoms. The summed E-state index contributed by atoms with van der Waals surface area (Å²) >= 11 is 0. The number of carbonyl (C=O) groups is 3. The molecule has 0 aliphatic heterocycles. The van der Waals surface area contributed by atoms with Crippen molar-refractivity contribution in [1.29, 1.82) is 0 Å². The third kappa shape index (κ3) is 6.87. The quantitative estimate of drug-likeness (QED) is 0.653. The first-order chi connectivity index (χ1) is 13.5. The lowest BCUT2D eigenvalue weighted by Gasteiger charge is -2.13. The second kappa shape index (κ2) is 10.9. The van der Waals surface area contributed by atoms with Gasteiger partial charge in [-0.2, -0.15) is 0 Å². The Morgan fingerprint density at radius 1 is 0.964 bits per heavy atom. The summed E-state index contributed by atoms with van der Waals surface area (Å²) < 4.78 is 5.00. The maximum atomic E-state index is 12.0. The maximum absolute atomic E-state index is 12.0. The molecule has 2 aromatic rings. The number of benzene rings is 2. The van der Waals surface area contributed by atoms with E-state index in [0.717, 1.165) is 23.1 Å². The van der Waals surface area contributed by atoms with Crippen LogP contribution in [0.15, 0.2) is 54.6 Å². The average Bonchev–Trinajstić information content (AvgIpc) is 2.71. The third-order valence-corrected chi connectivity index (χ3v) is 4.09. The van der Waals surface area contributed by atoms with Gasteiger partial charge in [0.1, 0.15) is 6.04 Å². The molecule has 0 radical (unpaired) electrons. The number of rotatable bonds is 9. The van der Waals surface area contributed by atoms with Crippen molar-refractivity contribution in [2.24, 2.45) is 0 Å². The van der Waals surface area contributed by atoms with Crippen molar-refractivity contribution in [3.63, 3.8) is 0 Å². The normalized spacial score (nSPS) is 11.4. The summed E-state index contributed by atoms with van der Waals surface area (Å²) in [6.45, 7) is 3.67. The van der Waals surface area contributed by atoms with Gasteiger partial charge >= 0.3 is 5.97 Å². The van der Waals surface area contributed by atoms with Gasteiger partial charge in [0.25, 0.3) is 5.91 Å². The Hall–Kier alpha value is -3.15. The van der Waals surface area contributed by atoms with Crippen LogP contribution in [0.1, 0.15) is 25.8 Å². The van der Waals surface area contributed by atoms with E-state index in [1.54, 1.807) is 6.92 Å². The molecule has 6 nitrogen and oxygen atoms in total. The van der Waals surface area contributed by atoms with E-state index in [1.165, 1.54) is 0 Å². The molecule has 2 rings (SSSR count). The summed E-state index contributed by atoms with van der Waals surface area (Å²) in [5.74, 6) is -1.27. The molecule has 2 amide bonds. The van der Waals surface area contributed by atoms with E-state index in [0.29, 0.717) is 6.54 Å². The van der Waals surface area contributed by atoms with E-state index >= 15 is 0 Å². The number of esters is 1. The van der Waals surface area contributed by atoms with Gasteiger partial charge in [0, 0.05) is 6.54 Å². The Kier molecular flexibility index (Phi) is 8.21. The molecule has 0 spiro atoms. The van der Waals surface area contributed by atoms with Crippen LogP contribution in [-0.2, 0) is 25.5 Å². The molecule has 1 atom stereocenters. The van der Waals surface area contributed by atoms with Gasteiger partial charge in [-0.1, -0.05) is 61.5 Å². The first-order valence-electron chi connectivity index (χ1n) is 9.36. The summed E-state index contributed by atoms with van der Waals surface area (Å²) in [6.07, 6.45) is 0.894. The fourth-order valence-corrected chi connectivity index (χ4v) is 2.56. The molecule has 0 aromatic heterocycles. The van der Waals surface area contributed by atoms with E-state index in [-0.39, 0.29) is 12.3 Å². The lowest BCUT2D eigenvalue weighted by molar-refractivity contribution is -0.148. The van der Waals surface area contributed by atoms with Crippen molar-refractivity contribution in [2.45, 2.75) is 32.7 Å². The van der Waals surface area contributed by atoms with Gasteiger partial charge in [-0.3, -0.25) is 14.4 Å². The summed E-state index contributed by atoms with van der Waals surface area (Å²) in [7, 11) is 0. The minimum Gasteiger partial charge on any atom is -0.455 e. The van der Waals surface area contributed by atoms with Gasteiger partial charge in [0.2, 0.25) is 5.91 Å². The SMILES string of the molecule is CCCNC(=O)[C@H](C)NC(=O)COC(=O)Cc1ccc(-c2ccccc2)cc1. The highest BCUT2D eigenvalue weighted by Gasteiger charge is 2.16. The van der Waals surface area contributed by atoms with E-state index < -0.39 is 24.5 Å². The molecule has 2 N–H and O–H groups in total. The first-order valence-corrected chi connectivity index (χ1v) is 9.36. The molecule has 6 heteroatoms. The second-order valence-electron chi connectivity index (χ2n) is 6.48. The van der Waals surface area contributed by atoms with Crippen LogP contribution in [0.2, 0.25) is 0 Å². The number of carbonyl (C=O) groups excluding carboxylic acids is 3. The fraction of sp³-hybridized carbons (Fsp3) is 0.318. The first kappa shape index (κ1) is 21.2. The Morgan fingerprint density at radius 3 is 2.25 bits per heavy atom. The van der Waals surface area contributed by atoms with Gasteiger partial charge in [-0.25, -0.2) is 0 Å². The molecule has 0 fully saturated rings. The van der Waals surface area contributed by atoms with Crippen LogP contribution in [0.5, 0.6) is 0 Å². The zero-order chi connectivity index (χ0) is 20.4. The van der Waals surface area contributed by atoms with Crippen LogP contribution in [0.3, 0.4) is 0 Å². The predicted octanol–water partition coefficient (Wildman–Crippen LogP) is 2.47. The van der Waals surface area contributed by atoms with Crippen LogP contribution in [0, 0.1) is 0 Å². The van der Waals surface area contributed by atoms with Crippen LogP contribution in [-0.4, -0.2) is 37.0 Å². The van der Waals surface area contributed by atoms with Crippen molar-refractivity contribution >= 4 is 17.8 Å². The highest BCUT2D eigenvalue weighted by Crippen LogP contribution is 2.19. The lowest BCUT2D eigenvalue weighted by Crippen LogP contribution is -2.46. The van der Waals surface area contributed by atoms with Crippen LogP contribution in [0.4, 0.5) is 0 Å². The Morgan fingerprint density at radius 2 is 1.61 bits per heavy atom. The van der Waals surface area contributed by atoms with E-state index in [4.69, 9.17) is 4.74 Å². The molecule has 0 heterocycles. The van der Waals surface area contributed by atoms with E-state index in [1.807, 2.05) is 61.5 Å². The standard InChI is InChI=1S/C22H26N2O4/c1-3-13-23-22(27)16(2)24-20(25)15-28-21(26)14-17-9-11-19(12-10-17)18-7-5-4-6-8-18/h4-12,16H,3,13-15H2,1-2H3,(H,23,27)(H,24,25)/t16-/m0/s1. The highest BCUT2D eigenvalue weighted by molar-refractivity contribution is 5.88. The van der Waals surface area contributed by atoms with E-state index in [2.05, 4.69) is 10.6 Å². The molecular formula is C22H26N2O4. The number of amides is 2. The predicted molar refractivity (Wildman–Crippen MR) is 107 cm³/mol. The zero-order valence-electron chi connectivity index (χ0n) is 16.2. The molecule has 0 saturated carbocycles. The van der Waals surface area contributed by atoms with Crippen LogP contribution >= 0.6 is 0 Å². The zero-order valence-corrected chi connectivity index (χ0v) is 16.2. The third-order valence-electron chi connectivity index (χ3n) is 4.09. The number of hydrogen-bond acceptors (Lipinski definition) is 4. The molecule has 28 heavy (non-hydrogen) atoms. The van der Waals surface area contributed by atoms with Crippen LogP contribution < -0.4 is 10.6 Å². The number of hydrogen-bond donors (Lipinski definition) is 2. The summed E-state index contributed by atoms with van der Waals surface area (Å²) in [4.78, 5) is 35.5. The lowest BCUT2D eigenvalue weighted by atomic mass is 10.0. The topological polar surface area (TPSA) is 84.5 Å². The molecule has 0 aliphatic carbocycles. The fourth-order valence-electron chi connectivity index (χ4n) is 2.56. The number of nitrogens with one attached hydrogen (secondary N) is 2. The van der Waals surface area contributed by atoms with Crippen molar-refractivity contribution in [3.8, 4) is 11.1 Å². The van der Waals surface area contributed by atoms with Crippen molar-refractivity contribution in [1.82, 2.24) is 10.6 Å². The Labute approximate surface area is 165 Å². The Bertz CT molecular complexity index is 788. The van der Waals surface area contributed by atoms with Gasteiger partial charge in [0.05, 0.1) is 6.42 Å². The molecular weight excluding hydrogens is 356 g/mol. The van der Waals surface area contributed by atoms with Gasteiger partial charge in [-0.05, 0) is 30.0 Å². The second-order valence-corrected chi connectivity index (χ2v) is 6.48. The van der Waals surface area contributed by atoms with Crippen molar-refractivity contribution in [2.75, 3.05) is 13.2 Å².